The van der Waals surface area contributed by atoms with Crippen LogP contribution < -0.4 is 10.9 Å². The molecule has 0 aliphatic carbocycles. The summed E-state index contributed by atoms with van der Waals surface area (Å²) in [6.07, 6.45) is 0.100. The molecule has 0 unspecified atom stereocenters. The molecule has 1 aliphatic rings. The zero-order valence-corrected chi connectivity index (χ0v) is 15.4. The summed E-state index contributed by atoms with van der Waals surface area (Å²) in [5, 5.41) is 12.8. The molecule has 2 aromatic carbocycles. The number of halogens is 1. The van der Waals surface area contributed by atoms with Crippen LogP contribution in [0.2, 0.25) is 0 Å². The lowest BCUT2D eigenvalue weighted by atomic mass is 9.87. The number of phenols is 1. The summed E-state index contributed by atoms with van der Waals surface area (Å²) in [5.74, 6) is -0.242. The third-order valence-electron chi connectivity index (χ3n) is 4.49. The molecule has 1 atom stereocenters. The fraction of sp³-hybridized carbons (Fsp3) is 0.150. The lowest BCUT2D eigenvalue weighted by molar-refractivity contribution is -0.116. The number of H-pyrrole nitrogens is 1. The van der Waals surface area contributed by atoms with Crippen LogP contribution in [0.25, 0.3) is 0 Å². The van der Waals surface area contributed by atoms with Gasteiger partial charge in [0.15, 0.2) is 5.16 Å². The van der Waals surface area contributed by atoms with Crippen molar-refractivity contribution in [2.75, 3.05) is 5.32 Å². The van der Waals surface area contributed by atoms with Crippen molar-refractivity contribution in [1.29, 1.82) is 0 Å². The first-order valence-electron chi connectivity index (χ1n) is 8.60. The van der Waals surface area contributed by atoms with Crippen molar-refractivity contribution in [2.45, 2.75) is 23.2 Å². The van der Waals surface area contributed by atoms with Crippen LogP contribution in [0.5, 0.6) is 5.75 Å². The van der Waals surface area contributed by atoms with Crippen LogP contribution >= 0.6 is 11.8 Å². The number of rotatable bonds is 4. The number of thioether (sulfide) groups is 1. The summed E-state index contributed by atoms with van der Waals surface area (Å²) >= 11 is 1.29. The Hall–Kier alpha value is -3.13. The number of hydrogen-bond donors (Lipinski definition) is 3. The fourth-order valence-corrected chi connectivity index (χ4v) is 3.99. The van der Waals surface area contributed by atoms with Gasteiger partial charge in [0.25, 0.3) is 5.56 Å². The van der Waals surface area contributed by atoms with Crippen LogP contribution in [0.1, 0.15) is 29.0 Å². The molecule has 0 saturated heterocycles. The molecule has 8 heteroatoms. The zero-order chi connectivity index (χ0) is 19.7. The quantitative estimate of drug-likeness (QED) is 0.463. The first kappa shape index (κ1) is 18.2. The average molecular weight is 397 g/mol. The van der Waals surface area contributed by atoms with E-state index in [4.69, 9.17) is 0 Å². The Bertz CT molecular complexity index is 1100. The molecule has 6 nitrogen and oxygen atoms in total. The number of benzene rings is 2. The molecule has 28 heavy (non-hydrogen) atoms. The smallest absolute Gasteiger partial charge is 0.257 e. The van der Waals surface area contributed by atoms with E-state index in [-0.39, 0.29) is 35.3 Å². The Kier molecular flexibility index (Phi) is 4.87. The number of aromatic nitrogens is 2. The highest BCUT2D eigenvalue weighted by Crippen LogP contribution is 2.35. The molecule has 2 heterocycles. The van der Waals surface area contributed by atoms with Crippen LogP contribution in [0.3, 0.4) is 0 Å². The number of hydrogen-bond acceptors (Lipinski definition) is 5. The van der Waals surface area contributed by atoms with Crippen molar-refractivity contribution >= 4 is 23.5 Å². The maximum absolute atomic E-state index is 13.0. The van der Waals surface area contributed by atoms with Gasteiger partial charge in [-0.1, -0.05) is 36.0 Å². The topological polar surface area (TPSA) is 95.1 Å². The molecule has 0 fully saturated rings. The molecule has 0 bridgehead atoms. The lowest BCUT2D eigenvalue weighted by Gasteiger charge is -2.24. The van der Waals surface area contributed by atoms with E-state index in [1.807, 2.05) is 0 Å². The number of carbonyl (C=O) groups excluding carboxylic acids is 1. The van der Waals surface area contributed by atoms with Crippen LogP contribution in [0, 0.1) is 5.82 Å². The number of carbonyl (C=O) groups is 1. The van der Waals surface area contributed by atoms with Gasteiger partial charge in [0.2, 0.25) is 5.91 Å². The number of nitrogens with one attached hydrogen (secondary N) is 2. The number of anilines is 1. The van der Waals surface area contributed by atoms with Gasteiger partial charge in [0.05, 0.1) is 5.56 Å². The number of phenolic OH excluding ortho intramolecular Hbond substituents is 1. The maximum Gasteiger partial charge on any atom is 0.257 e. The van der Waals surface area contributed by atoms with Crippen molar-refractivity contribution in [3.05, 3.63) is 81.4 Å². The minimum absolute atomic E-state index is 0.0703. The first-order valence-corrected chi connectivity index (χ1v) is 9.58. The minimum Gasteiger partial charge on any atom is -0.508 e. The highest BCUT2D eigenvalue weighted by Gasteiger charge is 2.31. The normalized spacial score (nSPS) is 15.8. The number of nitrogens with zero attached hydrogens (tertiary/aromatic N) is 1. The summed E-state index contributed by atoms with van der Waals surface area (Å²) in [5.41, 5.74) is 1.60. The van der Waals surface area contributed by atoms with E-state index in [0.29, 0.717) is 22.0 Å². The summed E-state index contributed by atoms with van der Waals surface area (Å²) in [6, 6.07) is 12.6. The van der Waals surface area contributed by atoms with E-state index in [1.54, 1.807) is 30.3 Å². The highest BCUT2D eigenvalue weighted by molar-refractivity contribution is 7.98. The maximum atomic E-state index is 13.0. The first-order chi connectivity index (χ1) is 13.5. The van der Waals surface area contributed by atoms with Crippen LogP contribution in [0.4, 0.5) is 10.2 Å². The predicted octanol–water partition coefficient (Wildman–Crippen LogP) is 3.38. The Labute approximate surface area is 163 Å². The molecule has 1 aromatic heterocycles. The Morgan fingerprint density at radius 1 is 1.18 bits per heavy atom. The van der Waals surface area contributed by atoms with Gasteiger partial charge in [-0.05, 0) is 35.4 Å². The number of aromatic amines is 1. The van der Waals surface area contributed by atoms with Crippen LogP contribution in [-0.2, 0) is 10.5 Å². The second kappa shape index (κ2) is 7.47. The van der Waals surface area contributed by atoms with Crippen LogP contribution in [-0.4, -0.2) is 21.0 Å². The largest absolute Gasteiger partial charge is 0.508 e. The van der Waals surface area contributed by atoms with Crippen molar-refractivity contribution in [1.82, 2.24) is 9.97 Å². The van der Waals surface area contributed by atoms with E-state index in [0.717, 1.165) is 5.56 Å². The molecule has 3 aromatic rings. The van der Waals surface area contributed by atoms with Gasteiger partial charge in [-0.25, -0.2) is 9.37 Å². The molecule has 4 rings (SSSR count). The third-order valence-corrected chi connectivity index (χ3v) is 5.44. The molecule has 0 spiro atoms. The second-order valence-corrected chi connectivity index (χ2v) is 7.41. The number of fused-ring (bicyclic) bond motifs is 1. The van der Waals surface area contributed by atoms with Gasteiger partial charge < -0.3 is 15.4 Å². The standard InChI is InChI=1S/C20H16FN3O3S/c21-13-6-4-11(5-7-13)10-28-20-23-18-17(19(27)24-20)15(9-16(26)22-18)12-2-1-3-14(25)8-12/h1-8,15,25H,9-10H2,(H2,22,23,24,26,27)/t15-/m1/s1. The summed E-state index contributed by atoms with van der Waals surface area (Å²) < 4.78 is 13.0. The predicted molar refractivity (Wildman–Crippen MR) is 104 cm³/mol. The van der Waals surface area contributed by atoms with E-state index in [1.165, 1.54) is 30.0 Å². The second-order valence-electron chi connectivity index (χ2n) is 6.45. The molecule has 142 valence electrons. The van der Waals surface area contributed by atoms with Gasteiger partial charge >= 0.3 is 0 Å². The number of amides is 1. The molecule has 0 radical (unpaired) electrons. The van der Waals surface area contributed by atoms with Gasteiger partial charge in [-0.3, -0.25) is 9.59 Å². The molecule has 1 amide bonds. The van der Waals surface area contributed by atoms with Crippen molar-refractivity contribution in [3.63, 3.8) is 0 Å². The van der Waals surface area contributed by atoms with E-state index >= 15 is 0 Å². The minimum atomic E-state index is -0.483. The van der Waals surface area contributed by atoms with Crippen molar-refractivity contribution in [2.24, 2.45) is 0 Å². The average Bonchev–Trinajstić information content (AvgIpc) is 2.66. The van der Waals surface area contributed by atoms with E-state index in [9.17, 15) is 19.1 Å². The Balaban J connectivity index is 1.65. The molecule has 3 N–H and O–H groups in total. The van der Waals surface area contributed by atoms with Crippen molar-refractivity contribution in [3.8, 4) is 5.75 Å². The summed E-state index contributed by atoms with van der Waals surface area (Å²) in [4.78, 5) is 32.1. The molecular weight excluding hydrogens is 381 g/mol. The van der Waals surface area contributed by atoms with Gasteiger partial charge in [0.1, 0.15) is 17.4 Å². The SMILES string of the molecule is O=C1C[C@H](c2cccc(O)c2)c2c(nc(SCc3ccc(F)cc3)[nH]c2=O)N1. The number of aromatic hydroxyl groups is 1. The van der Waals surface area contributed by atoms with Gasteiger partial charge in [0, 0.05) is 18.1 Å². The fourth-order valence-electron chi connectivity index (χ4n) is 3.18. The van der Waals surface area contributed by atoms with E-state index < -0.39 is 5.92 Å². The summed E-state index contributed by atoms with van der Waals surface area (Å²) in [6.45, 7) is 0. The van der Waals surface area contributed by atoms with Crippen LogP contribution in [0.15, 0.2) is 58.5 Å². The van der Waals surface area contributed by atoms with Gasteiger partial charge in [-0.2, -0.15) is 0 Å². The monoisotopic (exact) mass is 397 g/mol. The zero-order valence-electron chi connectivity index (χ0n) is 14.6. The van der Waals surface area contributed by atoms with Gasteiger partial charge in [-0.15, -0.1) is 0 Å². The lowest BCUT2D eigenvalue weighted by Crippen LogP contribution is -2.31. The van der Waals surface area contributed by atoms with Crippen molar-refractivity contribution < 1.29 is 14.3 Å². The molecular formula is C20H16FN3O3S. The molecule has 0 saturated carbocycles. The Morgan fingerprint density at radius 2 is 1.96 bits per heavy atom. The molecule has 1 aliphatic heterocycles. The highest BCUT2D eigenvalue weighted by atomic mass is 32.2. The summed E-state index contributed by atoms with van der Waals surface area (Å²) in [7, 11) is 0. The Morgan fingerprint density at radius 3 is 2.71 bits per heavy atom. The third kappa shape index (κ3) is 3.77. The van der Waals surface area contributed by atoms with E-state index in [2.05, 4.69) is 15.3 Å².